The first-order chi connectivity index (χ1) is 10.8. The molecule has 3 rings (SSSR count). The zero-order valence-electron chi connectivity index (χ0n) is 12.1. The van der Waals surface area contributed by atoms with Gasteiger partial charge in [0.2, 0.25) is 0 Å². The van der Waals surface area contributed by atoms with Crippen molar-refractivity contribution in [3.63, 3.8) is 0 Å². The van der Waals surface area contributed by atoms with Crippen molar-refractivity contribution in [2.24, 2.45) is 0 Å². The summed E-state index contributed by atoms with van der Waals surface area (Å²) in [5.74, 6) is 0.529. The predicted octanol–water partition coefficient (Wildman–Crippen LogP) is 3.13. The predicted molar refractivity (Wildman–Crippen MR) is 87.4 cm³/mol. The first-order valence-corrected chi connectivity index (χ1v) is 7.75. The van der Waals surface area contributed by atoms with Gasteiger partial charge in [0.25, 0.3) is 0 Å². The molecule has 0 atom stereocenters. The molecule has 1 N–H and O–H groups in total. The van der Waals surface area contributed by atoms with Crippen molar-refractivity contribution in [2.75, 3.05) is 19.0 Å². The second-order valence-electron chi connectivity index (χ2n) is 4.73. The molecule has 1 aromatic carbocycles. The fourth-order valence-electron chi connectivity index (χ4n) is 2.23. The molecule has 5 nitrogen and oxygen atoms in total. The summed E-state index contributed by atoms with van der Waals surface area (Å²) in [4.78, 5) is 21.0. The third-order valence-electron chi connectivity index (χ3n) is 3.32. The number of nitrogens with zero attached hydrogens (tertiary/aromatic N) is 2. The van der Waals surface area contributed by atoms with E-state index in [2.05, 4.69) is 15.3 Å². The van der Waals surface area contributed by atoms with Gasteiger partial charge in [-0.1, -0.05) is 12.1 Å². The minimum Gasteiger partial charge on any atom is -0.465 e. The molecule has 0 bridgehead atoms. The van der Waals surface area contributed by atoms with Crippen LogP contribution in [-0.4, -0.2) is 29.6 Å². The fourth-order valence-corrected chi connectivity index (χ4v) is 2.96. The standard InChI is InChI=1S/C16H15N3O2S/c1-21-16(20)12-4-2-3-11(9-12)5-7-17-14-13-6-8-22-15(13)19-10-18-14/h2-4,6,8-10H,5,7H2,1H3,(H,17,18,19). The van der Waals surface area contributed by atoms with E-state index in [4.69, 9.17) is 4.74 Å². The largest absolute Gasteiger partial charge is 0.465 e. The lowest BCUT2D eigenvalue weighted by Crippen LogP contribution is -2.08. The van der Waals surface area contributed by atoms with Crippen LogP contribution in [0, 0.1) is 0 Å². The zero-order valence-corrected chi connectivity index (χ0v) is 12.9. The van der Waals surface area contributed by atoms with E-state index in [1.807, 2.05) is 29.6 Å². The Hall–Kier alpha value is -2.47. The van der Waals surface area contributed by atoms with Gasteiger partial charge in [-0.15, -0.1) is 11.3 Å². The van der Waals surface area contributed by atoms with Crippen LogP contribution in [0.3, 0.4) is 0 Å². The molecule has 0 fully saturated rings. The summed E-state index contributed by atoms with van der Waals surface area (Å²) in [7, 11) is 1.39. The molecule has 0 aliphatic carbocycles. The number of ether oxygens (including phenoxy) is 1. The first-order valence-electron chi connectivity index (χ1n) is 6.87. The number of nitrogens with one attached hydrogen (secondary N) is 1. The Balaban J connectivity index is 1.66. The van der Waals surface area contributed by atoms with Gasteiger partial charge in [-0.05, 0) is 35.6 Å². The van der Waals surface area contributed by atoms with Gasteiger partial charge in [0.15, 0.2) is 0 Å². The molecule has 22 heavy (non-hydrogen) atoms. The minimum atomic E-state index is -0.314. The number of anilines is 1. The molecule has 3 aromatic rings. The molecule has 6 heteroatoms. The fraction of sp³-hybridized carbons (Fsp3) is 0.188. The van der Waals surface area contributed by atoms with Crippen molar-refractivity contribution in [1.82, 2.24) is 9.97 Å². The molecule has 0 aliphatic heterocycles. The number of methoxy groups -OCH3 is 1. The smallest absolute Gasteiger partial charge is 0.337 e. The van der Waals surface area contributed by atoms with E-state index in [0.717, 1.165) is 34.6 Å². The Morgan fingerprint density at radius 1 is 1.32 bits per heavy atom. The van der Waals surface area contributed by atoms with Gasteiger partial charge in [0.05, 0.1) is 18.1 Å². The number of carbonyl (C=O) groups is 1. The second-order valence-corrected chi connectivity index (χ2v) is 5.63. The molecule has 2 aromatic heterocycles. The number of benzene rings is 1. The molecular weight excluding hydrogens is 298 g/mol. The van der Waals surface area contributed by atoms with Crippen LogP contribution < -0.4 is 5.32 Å². The van der Waals surface area contributed by atoms with Gasteiger partial charge < -0.3 is 10.1 Å². The number of aromatic nitrogens is 2. The number of hydrogen-bond acceptors (Lipinski definition) is 6. The summed E-state index contributed by atoms with van der Waals surface area (Å²) in [6.45, 7) is 0.729. The Morgan fingerprint density at radius 2 is 2.23 bits per heavy atom. The highest BCUT2D eigenvalue weighted by molar-refractivity contribution is 7.16. The van der Waals surface area contributed by atoms with Gasteiger partial charge in [-0.2, -0.15) is 0 Å². The molecule has 0 unspecified atom stereocenters. The third-order valence-corrected chi connectivity index (χ3v) is 4.14. The molecule has 0 amide bonds. The summed E-state index contributed by atoms with van der Waals surface area (Å²) >= 11 is 1.60. The molecule has 2 heterocycles. The number of fused-ring (bicyclic) bond motifs is 1. The van der Waals surface area contributed by atoms with Crippen molar-refractivity contribution < 1.29 is 9.53 Å². The monoisotopic (exact) mass is 313 g/mol. The van der Waals surface area contributed by atoms with E-state index in [1.54, 1.807) is 23.7 Å². The first kappa shape index (κ1) is 14.5. The van der Waals surface area contributed by atoms with Crippen molar-refractivity contribution in [2.45, 2.75) is 6.42 Å². The van der Waals surface area contributed by atoms with Crippen LogP contribution in [0.5, 0.6) is 0 Å². The average molecular weight is 313 g/mol. The summed E-state index contributed by atoms with van der Waals surface area (Å²) in [5, 5.41) is 6.37. The van der Waals surface area contributed by atoms with Crippen molar-refractivity contribution in [1.29, 1.82) is 0 Å². The van der Waals surface area contributed by atoms with Crippen LogP contribution in [-0.2, 0) is 11.2 Å². The molecule has 112 valence electrons. The molecular formula is C16H15N3O2S. The molecule has 0 spiro atoms. The van der Waals surface area contributed by atoms with Gasteiger partial charge in [0.1, 0.15) is 17.0 Å². The van der Waals surface area contributed by atoms with Gasteiger partial charge >= 0.3 is 5.97 Å². The van der Waals surface area contributed by atoms with Crippen molar-refractivity contribution >= 4 is 33.3 Å². The minimum absolute atomic E-state index is 0.314. The lowest BCUT2D eigenvalue weighted by Gasteiger charge is -2.07. The van der Waals surface area contributed by atoms with Gasteiger partial charge in [-0.25, -0.2) is 14.8 Å². The van der Waals surface area contributed by atoms with E-state index in [1.165, 1.54) is 7.11 Å². The summed E-state index contributed by atoms with van der Waals surface area (Å²) in [6.07, 6.45) is 2.36. The maximum atomic E-state index is 11.5. The summed E-state index contributed by atoms with van der Waals surface area (Å²) in [6, 6.07) is 9.48. The third kappa shape index (κ3) is 3.07. The number of rotatable bonds is 5. The number of thiophene rings is 1. The van der Waals surface area contributed by atoms with Crippen molar-refractivity contribution in [3.05, 3.63) is 53.2 Å². The molecule has 0 saturated carbocycles. The lowest BCUT2D eigenvalue weighted by molar-refractivity contribution is 0.0600. The number of carbonyl (C=O) groups excluding carboxylic acids is 1. The molecule has 0 radical (unpaired) electrons. The normalized spacial score (nSPS) is 10.6. The quantitative estimate of drug-likeness (QED) is 0.733. The van der Waals surface area contributed by atoms with E-state index >= 15 is 0 Å². The summed E-state index contributed by atoms with van der Waals surface area (Å²) in [5.41, 5.74) is 1.65. The van der Waals surface area contributed by atoms with E-state index in [0.29, 0.717) is 5.56 Å². The zero-order chi connectivity index (χ0) is 15.4. The Morgan fingerprint density at radius 3 is 3.09 bits per heavy atom. The maximum absolute atomic E-state index is 11.5. The highest BCUT2D eigenvalue weighted by Gasteiger charge is 2.06. The highest BCUT2D eigenvalue weighted by atomic mass is 32.1. The van der Waals surface area contributed by atoms with Crippen LogP contribution in [0.1, 0.15) is 15.9 Å². The van der Waals surface area contributed by atoms with Gasteiger partial charge in [0, 0.05) is 6.54 Å². The Kier molecular flexibility index (Phi) is 4.29. The topological polar surface area (TPSA) is 64.1 Å². The van der Waals surface area contributed by atoms with E-state index in [-0.39, 0.29) is 5.97 Å². The van der Waals surface area contributed by atoms with Crippen LogP contribution in [0.25, 0.3) is 10.2 Å². The van der Waals surface area contributed by atoms with Crippen LogP contribution >= 0.6 is 11.3 Å². The van der Waals surface area contributed by atoms with E-state index < -0.39 is 0 Å². The van der Waals surface area contributed by atoms with Crippen LogP contribution in [0.4, 0.5) is 5.82 Å². The molecule has 0 saturated heterocycles. The average Bonchev–Trinajstić information content (AvgIpc) is 3.04. The summed E-state index contributed by atoms with van der Waals surface area (Å²) < 4.78 is 4.73. The lowest BCUT2D eigenvalue weighted by atomic mass is 10.1. The van der Waals surface area contributed by atoms with Crippen molar-refractivity contribution in [3.8, 4) is 0 Å². The van der Waals surface area contributed by atoms with Crippen LogP contribution in [0.2, 0.25) is 0 Å². The van der Waals surface area contributed by atoms with Gasteiger partial charge in [-0.3, -0.25) is 0 Å². The van der Waals surface area contributed by atoms with Crippen LogP contribution in [0.15, 0.2) is 42.0 Å². The SMILES string of the molecule is COC(=O)c1cccc(CCNc2ncnc3sccc23)c1. The number of esters is 1. The Bertz CT molecular complexity index is 801. The maximum Gasteiger partial charge on any atom is 0.337 e. The second kappa shape index (κ2) is 6.53. The molecule has 0 aliphatic rings. The Labute approximate surface area is 132 Å². The number of hydrogen-bond donors (Lipinski definition) is 1. The highest BCUT2D eigenvalue weighted by Crippen LogP contribution is 2.23. The van der Waals surface area contributed by atoms with E-state index in [9.17, 15) is 4.79 Å².